The van der Waals surface area contributed by atoms with Crippen LogP contribution in [0.5, 0.6) is 17.2 Å². The summed E-state index contributed by atoms with van der Waals surface area (Å²) in [7, 11) is 0. The largest absolute Gasteiger partial charge is 0.507 e. The minimum atomic E-state index is -0.180. The zero-order valence-corrected chi connectivity index (χ0v) is 60.2. The van der Waals surface area contributed by atoms with Crippen LogP contribution in [0.3, 0.4) is 0 Å². The third kappa shape index (κ3) is 23.3. The summed E-state index contributed by atoms with van der Waals surface area (Å²) in [4.78, 5) is 0. The number of phenolic OH excluding ortho intramolecular Hbond substituents is 3. The van der Waals surface area contributed by atoms with Gasteiger partial charge < -0.3 is 15.3 Å². The van der Waals surface area contributed by atoms with Crippen molar-refractivity contribution in [1.29, 1.82) is 0 Å². The van der Waals surface area contributed by atoms with E-state index in [-0.39, 0.29) is 21.7 Å². The Kier molecular flexibility index (Phi) is 34.7. The van der Waals surface area contributed by atoms with Crippen LogP contribution in [-0.2, 0) is 54.8 Å². The fourth-order valence-corrected chi connectivity index (χ4v) is 14.7. The summed E-state index contributed by atoms with van der Waals surface area (Å²) >= 11 is 0. The molecule has 87 heavy (non-hydrogen) atoms. The van der Waals surface area contributed by atoms with Gasteiger partial charge >= 0.3 is 0 Å². The van der Waals surface area contributed by atoms with Gasteiger partial charge in [-0.05, 0) is 169 Å². The Morgan fingerprint density at radius 1 is 0.356 bits per heavy atom. The van der Waals surface area contributed by atoms with Crippen LogP contribution in [0, 0.1) is 11.3 Å². The molecular formula is C84H140O3. The van der Waals surface area contributed by atoms with Gasteiger partial charge in [0.2, 0.25) is 0 Å². The van der Waals surface area contributed by atoms with E-state index >= 15 is 0 Å². The van der Waals surface area contributed by atoms with Crippen molar-refractivity contribution in [2.24, 2.45) is 11.3 Å². The predicted octanol–water partition coefficient (Wildman–Crippen LogP) is 26.4. The van der Waals surface area contributed by atoms with Crippen LogP contribution in [0.25, 0.3) is 0 Å². The van der Waals surface area contributed by atoms with Gasteiger partial charge in [-0.2, -0.15) is 0 Å². The highest BCUT2D eigenvalue weighted by Crippen LogP contribution is 2.56. The Morgan fingerprint density at radius 3 is 1.08 bits per heavy atom. The molecular weight excluding hydrogens is 1060 g/mol. The highest BCUT2D eigenvalue weighted by Gasteiger charge is 2.45. The predicted molar refractivity (Wildman–Crippen MR) is 384 cm³/mol. The maximum Gasteiger partial charge on any atom is 0.122 e. The zero-order valence-electron chi connectivity index (χ0n) is 60.2. The first-order chi connectivity index (χ1) is 41.8. The summed E-state index contributed by atoms with van der Waals surface area (Å²) < 4.78 is 0. The highest BCUT2D eigenvalue weighted by atomic mass is 16.3. The van der Waals surface area contributed by atoms with Crippen molar-refractivity contribution >= 4 is 0 Å². The van der Waals surface area contributed by atoms with E-state index in [2.05, 4.69) is 146 Å². The lowest BCUT2D eigenvalue weighted by Crippen LogP contribution is -2.39. The minimum absolute atomic E-state index is 0.157. The molecule has 0 fully saturated rings. The lowest BCUT2D eigenvalue weighted by Gasteiger charge is -2.48. The van der Waals surface area contributed by atoms with Crippen LogP contribution in [-0.4, -0.2) is 15.3 Å². The molecule has 2 unspecified atom stereocenters. The second kappa shape index (κ2) is 39.7. The van der Waals surface area contributed by atoms with Gasteiger partial charge in [-0.1, -0.05) is 319 Å². The Labute approximate surface area is 540 Å². The number of rotatable bonds is 48. The van der Waals surface area contributed by atoms with Crippen LogP contribution >= 0.6 is 0 Å². The number of hydrogen-bond donors (Lipinski definition) is 3. The smallest absolute Gasteiger partial charge is 0.122 e. The average Bonchev–Trinajstić information content (AvgIpc) is 0.777. The van der Waals surface area contributed by atoms with Crippen molar-refractivity contribution in [2.75, 3.05) is 0 Å². The van der Waals surface area contributed by atoms with Crippen molar-refractivity contribution in [3.8, 4) is 17.2 Å². The van der Waals surface area contributed by atoms with Gasteiger partial charge in [-0.25, -0.2) is 0 Å². The molecule has 0 aromatic heterocycles. The van der Waals surface area contributed by atoms with E-state index in [0.29, 0.717) is 23.2 Å². The van der Waals surface area contributed by atoms with Gasteiger partial charge in [0.15, 0.2) is 0 Å². The third-order valence-corrected chi connectivity index (χ3v) is 21.9. The minimum Gasteiger partial charge on any atom is -0.507 e. The maximum atomic E-state index is 12.5. The number of hydrogen-bond acceptors (Lipinski definition) is 3. The molecule has 3 aromatic rings. The summed E-state index contributed by atoms with van der Waals surface area (Å²) in [6, 6.07) is 14.9. The summed E-state index contributed by atoms with van der Waals surface area (Å²) in [5.41, 5.74) is 15.2. The third-order valence-electron chi connectivity index (χ3n) is 21.9. The van der Waals surface area contributed by atoms with E-state index in [1.807, 2.05) is 0 Å². The van der Waals surface area contributed by atoms with E-state index in [0.717, 1.165) is 123 Å². The van der Waals surface area contributed by atoms with E-state index in [9.17, 15) is 15.3 Å². The first kappa shape index (κ1) is 76.0. The van der Waals surface area contributed by atoms with Crippen molar-refractivity contribution in [3.63, 3.8) is 0 Å². The normalized spacial score (nSPS) is 15.9. The molecule has 3 N–H and O–H groups in total. The van der Waals surface area contributed by atoms with Crippen LogP contribution in [0.15, 0.2) is 59.2 Å². The first-order valence-corrected chi connectivity index (χ1v) is 37.8. The van der Waals surface area contributed by atoms with Crippen LogP contribution in [0.1, 0.15) is 385 Å². The van der Waals surface area contributed by atoms with Crippen LogP contribution < -0.4 is 0 Å². The average molecular weight is 1200 g/mol. The lowest BCUT2D eigenvalue weighted by atomic mass is 9.56. The van der Waals surface area contributed by atoms with Gasteiger partial charge in [0.1, 0.15) is 17.2 Å². The molecule has 494 valence electrons. The number of aryl methyl sites for hydroxylation is 3. The van der Waals surface area contributed by atoms with Gasteiger partial charge in [0.05, 0.1) is 0 Å². The molecule has 2 atom stereocenters. The maximum absolute atomic E-state index is 12.5. The Balaban J connectivity index is 2.29. The molecule has 0 saturated carbocycles. The van der Waals surface area contributed by atoms with Gasteiger partial charge in [0.25, 0.3) is 0 Å². The molecule has 0 aliphatic heterocycles. The summed E-state index contributed by atoms with van der Waals surface area (Å²) in [6.45, 7) is 35.0. The molecule has 3 nitrogen and oxygen atoms in total. The SMILES string of the molecule is CCCCCCCCC1=C(Cc2cc(CCCCCC)c(O)c(C(C)(C)CC)c2)C(CCCCCCCC)(Cc2cc(CCCCCC)c(O)c(C(C)(C)CC)c2)C(CCCCCCCC)C=C1Cc1cc(CCCCCC)c(O)c(C(C)(C)CC)c1. The van der Waals surface area contributed by atoms with Gasteiger partial charge in [-0.3, -0.25) is 0 Å². The number of benzene rings is 3. The Bertz CT molecular complexity index is 2480. The number of aromatic hydroxyl groups is 3. The molecule has 0 bridgehead atoms. The van der Waals surface area contributed by atoms with Gasteiger partial charge in [0, 0.05) is 22.1 Å². The van der Waals surface area contributed by atoms with Crippen molar-refractivity contribution in [3.05, 3.63) is 109 Å². The van der Waals surface area contributed by atoms with E-state index in [1.54, 1.807) is 16.7 Å². The van der Waals surface area contributed by atoms with Gasteiger partial charge in [-0.15, -0.1) is 0 Å². The monoisotopic (exact) mass is 1200 g/mol. The molecule has 0 heterocycles. The molecule has 0 saturated heterocycles. The van der Waals surface area contributed by atoms with Crippen molar-refractivity contribution < 1.29 is 15.3 Å². The van der Waals surface area contributed by atoms with E-state index in [4.69, 9.17) is 0 Å². The number of unbranched alkanes of at least 4 members (excludes halogenated alkanes) is 24. The summed E-state index contributed by atoms with van der Waals surface area (Å²) in [5, 5.41) is 37.4. The Hall–Kier alpha value is -3.46. The van der Waals surface area contributed by atoms with E-state index in [1.165, 1.54) is 196 Å². The fourth-order valence-electron chi connectivity index (χ4n) is 14.7. The molecule has 1 aliphatic carbocycles. The molecule has 0 amide bonds. The fraction of sp³-hybridized carbons (Fsp3) is 0.738. The van der Waals surface area contributed by atoms with Crippen molar-refractivity contribution in [1.82, 2.24) is 0 Å². The second-order valence-electron chi connectivity index (χ2n) is 30.1. The van der Waals surface area contributed by atoms with Crippen molar-refractivity contribution in [2.45, 2.75) is 390 Å². The zero-order chi connectivity index (χ0) is 63.9. The highest BCUT2D eigenvalue weighted by molar-refractivity contribution is 5.55. The lowest BCUT2D eigenvalue weighted by molar-refractivity contribution is 0.196. The second-order valence-corrected chi connectivity index (χ2v) is 30.1. The number of phenols is 3. The summed E-state index contributed by atoms with van der Waals surface area (Å²) in [6.07, 6.45) is 51.8. The molecule has 0 radical (unpaired) electrons. The molecule has 0 spiro atoms. The standard InChI is InChI=1S/C84H140O3/c1-16-25-31-37-40-46-52-72-63-71(57-65-55-68(49-43-34-28-19-4)78(85)75(60-65)81(10,11)22-7)73(53-47-41-38-32-26-17-2)74(59-66-56-69(50-44-35-29-20-5)79(86)76(61-66)82(12,13)23-8)84(72,54-48-42-39-33-27-18-3)64-67-58-70(51-45-36-30-21-6)80(87)77(62-67)83(14,15)24-9/h55-56,58,60-63,72,85-87H,16-54,57,59,64H2,1-15H3. The first-order valence-electron chi connectivity index (χ1n) is 37.8. The Morgan fingerprint density at radius 2 is 0.678 bits per heavy atom. The van der Waals surface area contributed by atoms with Crippen LogP contribution in [0.4, 0.5) is 0 Å². The molecule has 4 rings (SSSR count). The number of allylic oxidation sites excluding steroid dienone is 4. The molecule has 3 aromatic carbocycles. The van der Waals surface area contributed by atoms with Crippen LogP contribution in [0.2, 0.25) is 0 Å². The molecule has 3 heteroatoms. The summed E-state index contributed by atoms with van der Waals surface area (Å²) in [5.74, 6) is 1.95. The molecule has 1 aliphatic rings. The topological polar surface area (TPSA) is 60.7 Å². The van der Waals surface area contributed by atoms with E-state index < -0.39 is 0 Å². The quantitative estimate of drug-likeness (QED) is 0.0494.